The number of hydrogen-bond acceptors (Lipinski definition) is 1. The van der Waals surface area contributed by atoms with E-state index in [4.69, 9.17) is 11.6 Å². The van der Waals surface area contributed by atoms with E-state index in [1.165, 1.54) is 5.54 Å². The van der Waals surface area contributed by atoms with Crippen molar-refractivity contribution in [3.05, 3.63) is 11.1 Å². The summed E-state index contributed by atoms with van der Waals surface area (Å²) in [5.41, 5.74) is 2.60. The van der Waals surface area contributed by atoms with Crippen LogP contribution >= 0.6 is 11.6 Å². The lowest BCUT2D eigenvalue weighted by Gasteiger charge is -2.00. The molecule has 0 aromatic rings. The zero-order valence-electron chi connectivity index (χ0n) is 6.16. The molecule has 0 saturated heterocycles. The molecule has 0 amide bonds. The maximum Gasteiger partial charge on any atom is 0.0906 e. The van der Waals surface area contributed by atoms with Crippen molar-refractivity contribution in [1.29, 1.82) is 0 Å². The van der Waals surface area contributed by atoms with Gasteiger partial charge in [-0.1, -0.05) is 11.6 Å². The molecule has 0 bridgehead atoms. The summed E-state index contributed by atoms with van der Waals surface area (Å²) in [6, 6.07) is 0. The van der Waals surface area contributed by atoms with E-state index in [1.807, 2.05) is 6.92 Å². The van der Waals surface area contributed by atoms with Crippen molar-refractivity contribution in [3.8, 4) is 0 Å². The van der Waals surface area contributed by atoms with Gasteiger partial charge in [0.05, 0.1) is 6.67 Å². The Kier molecular flexibility index (Phi) is 6.98. The second-order valence-electron chi connectivity index (χ2n) is 2.17. The second-order valence-corrected chi connectivity index (χ2v) is 2.39. The number of nitrogens with one attached hydrogen (secondary N) is 1. The molecule has 3 heteroatoms. The molecule has 0 aromatic heterocycles. The molecule has 0 aliphatic heterocycles. The van der Waals surface area contributed by atoms with Crippen molar-refractivity contribution < 1.29 is 4.39 Å². The first-order valence-corrected chi connectivity index (χ1v) is 3.77. The fraction of sp³-hybridized carbons (Fsp3) is 0.714. The van der Waals surface area contributed by atoms with Gasteiger partial charge in [-0.15, -0.1) is 0 Å². The Morgan fingerprint density at radius 3 is 2.90 bits per heavy atom. The van der Waals surface area contributed by atoms with Gasteiger partial charge < -0.3 is 5.32 Å². The van der Waals surface area contributed by atoms with Crippen LogP contribution < -0.4 is 5.32 Å². The standard InChI is InChI=1S/C7H13ClFN/c1-7(5-8)6-10-4-2-3-9/h5,10H,2-4,6H2,1H3/b7-5+. The smallest absolute Gasteiger partial charge is 0.0906 e. The Bertz CT molecular complexity index is 104. The molecule has 0 aliphatic rings. The van der Waals surface area contributed by atoms with Gasteiger partial charge in [0.15, 0.2) is 0 Å². The van der Waals surface area contributed by atoms with Gasteiger partial charge in [0.2, 0.25) is 0 Å². The Morgan fingerprint density at radius 2 is 2.40 bits per heavy atom. The normalized spacial score (nSPS) is 12.1. The predicted octanol–water partition coefficient (Wildman–Crippen LogP) is 2.08. The number of alkyl halides is 1. The van der Waals surface area contributed by atoms with Crippen LogP contribution in [-0.4, -0.2) is 19.8 Å². The summed E-state index contributed by atoms with van der Waals surface area (Å²) in [6.07, 6.45) is 0.579. The Morgan fingerprint density at radius 1 is 1.70 bits per heavy atom. The first kappa shape index (κ1) is 9.92. The lowest BCUT2D eigenvalue weighted by molar-refractivity contribution is 0.463. The van der Waals surface area contributed by atoms with Gasteiger partial charge in [-0.25, -0.2) is 0 Å². The first-order valence-electron chi connectivity index (χ1n) is 3.33. The summed E-state index contributed by atoms with van der Waals surface area (Å²) in [5.74, 6) is 0. The zero-order chi connectivity index (χ0) is 7.82. The quantitative estimate of drug-likeness (QED) is 0.616. The monoisotopic (exact) mass is 165 g/mol. The fourth-order valence-corrected chi connectivity index (χ4v) is 0.593. The van der Waals surface area contributed by atoms with Crippen molar-refractivity contribution >= 4 is 11.6 Å². The first-order chi connectivity index (χ1) is 4.81. The maximum absolute atomic E-state index is 11.5. The highest BCUT2D eigenvalue weighted by molar-refractivity contribution is 6.25. The fourth-order valence-electron chi connectivity index (χ4n) is 0.516. The molecule has 0 unspecified atom stereocenters. The number of hydrogen-bond donors (Lipinski definition) is 1. The zero-order valence-corrected chi connectivity index (χ0v) is 6.92. The molecule has 0 saturated carbocycles. The van der Waals surface area contributed by atoms with Gasteiger partial charge in [-0.2, -0.15) is 0 Å². The highest BCUT2D eigenvalue weighted by Crippen LogP contribution is 1.91. The molecule has 0 atom stereocenters. The van der Waals surface area contributed by atoms with Crippen molar-refractivity contribution in [2.24, 2.45) is 0 Å². The third kappa shape index (κ3) is 6.05. The molecule has 1 nitrogen and oxygen atoms in total. The Hall–Kier alpha value is -0.0800. The topological polar surface area (TPSA) is 12.0 Å². The highest BCUT2D eigenvalue weighted by atomic mass is 35.5. The molecule has 10 heavy (non-hydrogen) atoms. The van der Waals surface area contributed by atoms with Gasteiger partial charge in [0, 0.05) is 12.1 Å². The van der Waals surface area contributed by atoms with Crippen LogP contribution in [0, 0.1) is 0 Å². The molecule has 0 aliphatic carbocycles. The van der Waals surface area contributed by atoms with Gasteiger partial charge in [-0.05, 0) is 25.5 Å². The molecule has 0 aromatic carbocycles. The summed E-state index contributed by atoms with van der Waals surface area (Å²) in [7, 11) is 0. The van der Waals surface area contributed by atoms with Crippen molar-refractivity contribution in [1.82, 2.24) is 5.32 Å². The number of rotatable bonds is 5. The summed E-state index contributed by atoms with van der Waals surface area (Å²) in [5, 5.41) is 3.04. The van der Waals surface area contributed by atoms with Gasteiger partial charge in [0.25, 0.3) is 0 Å². The lowest BCUT2D eigenvalue weighted by atomic mass is 10.3. The predicted molar refractivity (Wildman–Crippen MR) is 43.1 cm³/mol. The molecule has 0 radical (unpaired) electrons. The molecular formula is C7H13ClFN. The minimum absolute atomic E-state index is 0.253. The molecule has 0 spiro atoms. The minimum Gasteiger partial charge on any atom is -0.313 e. The second kappa shape index (κ2) is 7.03. The minimum atomic E-state index is -0.253. The molecule has 1 N–H and O–H groups in total. The van der Waals surface area contributed by atoms with Crippen molar-refractivity contribution in [2.45, 2.75) is 13.3 Å². The highest BCUT2D eigenvalue weighted by Gasteiger charge is 1.87. The van der Waals surface area contributed by atoms with Crippen LogP contribution in [0.15, 0.2) is 11.1 Å². The van der Waals surface area contributed by atoms with E-state index in [1.54, 1.807) is 0 Å². The van der Waals surface area contributed by atoms with Gasteiger partial charge in [-0.3, -0.25) is 4.39 Å². The van der Waals surface area contributed by atoms with Crippen LogP contribution in [0.2, 0.25) is 0 Å². The average Bonchev–Trinajstić information content (AvgIpc) is 1.98. The molecular weight excluding hydrogens is 153 g/mol. The van der Waals surface area contributed by atoms with Crippen LogP contribution in [0.25, 0.3) is 0 Å². The van der Waals surface area contributed by atoms with Crippen LogP contribution in [0.4, 0.5) is 4.39 Å². The third-order valence-electron chi connectivity index (χ3n) is 1.08. The molecule has 60 valence electrons. The largest absolute Gasteiger partial charge is 0.313 e. The molecule has 0 heterocycles. The molecule has 0 rings (SSSR count). The van der Waals surface area contributed by atoms with Crippen LogP contribution in [-0.2, 0) is 0 Å². The Labute approximate surface area is 66.3 Å². The van der Waals surface area contributed by atoms with Crippen LogP contribution in [0.5, 0.6) is 0 Å². The van der Waals surface area contributed by atoms with Gasteiger partial charge >= 0.3 is 0 Å². The van der Waals surface area contributed by atoms with E-state index < -0.39 is 0 Å². The third-order valence-corrected chi connectivity index (χ3v) is 1.45. The van der Waals surface area contributed by atoms with E-state index in [0.29, 0.717) is 6.42 Å². The summed E-state index contributed by atoms with van der Waals surface area (Å²) in [6.45, 7) is 3.15. The average molecular weight is 166 g/mol. The van der Waals surface area contributed by atoms with Gasteiger partial charge in [0.1, 0.15) is 0 Å². The Balaban J connectivity index is 3.04. The number of halogens is 2. The summed E-state index contributed by atoms with van der Waals surface area (Å²) < 4.78 is 11.5. The van der Waals surface area contributed by atoms with E-state index in [-0.39, 0.29) is 6.67 Å². The van der Waals surface area contributed by atoms with Crippen LogP contribution in [0.1, 0.15) is 13.3 Å². The lowest BCUT2D eigenvalue weighted by Crippen LogP contribution is -2.17. The summed E-state index contributed by atoms with van der Waals surface area (Å²) >= 11 is 5.39. The SMILES string of the molecule is C/C(=C\Cl)CNCCCF. The van der Waals surface area contributed by atoms with Crippen molar-refractivity contribution in [3.63, 3.8) is 0 Å². The molecule has 0 fully saturated rings. The van der Waals surface area contributed by atoms with E-state index in [2.05, 4.69) is 5.32 Å². The van der Waals surface area contributed by atoms with Crippen LogP contribution in [0.3, 0.4) is 0 Å². The summed E-state index contributed by atoms with van der Waals surface area (Å²) in [4.78, 5) is 0. The van der Waals surface area contributed by atoms with E-state index in [9.17, 15) is 4.39 Å². The maximum atomic E-state index is 11.5. The van der Waals surface area contributed by atoms with Crippen molar-refractivity contribution in [2.75, 3.05) is 19.8 Å². The van der Waals surface area contributed by atoms with E-state index in [0.717, 1.165) is 18.7 Å². The van der Waals surface area contributed by atoms with E-state index >= 15 is 0 Å².